The number of carbonyl (C=O) groups excluding carboxylic acids is 1. The summed E-state index contributed by atoms with van der Waals surface area (Å²) in [4.78, 5) is 22.9. The molecule has 0 unspecified atom stereocenters. The molecule has 3 rings (SSSR count). The summed E-state index contributed by atoms with van der Waals surface area (Å²) >= 11 is 7.16. The van der Waals surface area contributed by atoms with Crippen molar-refractivity contribution in [2.45, 2.75) is 32.1 Å². The number of benzene rings is 2. The minimum Gasteiger partial charge on any atom is -0.378 e. The van der Waals surface area contributed by atoms with Gasteiger partial charge in [-0.2, -0.15) is 0 Å². The maximum absolute atomic E-state index is 12.3. The first-order chi connectivity index (χ1) is 14.9. The van der Waals surface area contributed by atoms with Gasteiger partial charge in [0.2, 0.25) is 5.91 Å². The average molecular weight is 461 g/mol. The third kappa shape index (κ3) is 5.96. The number of nitro benzene ring substituents is 1. The van der Waals surface area contributed by atoms with Gasteiger partial charge in [-0.25, -0.2) is 0 Å². The predicted octanol–water partition coefficient (Wildman–Crippen LogP) is 4.51. The van der Waals surface area contributed by atoms with Crippen LogP contribution in [0.2, 0.25) is 5.02 Å². The molecule has 0 bridgehead atoms. The molecule has 0 saturated carbocycles. The number of rotatable bonds is 9. The highest BCUT2D eigenvalue weighted by Crippen LogP contribution is 2.23. The van der Waals surface area contributed by atoms with Gasteiger partial charge in [0, 0.05) is 34.6 Å². The first kappa shape index (κ1) is 22.6. The molecule has 9 nitrogen and oxygen atoms in total. The van der Waals surface area contributed by atoms with Gasteiger partial charge in [-0.1, -0.05) is 29.4 Å². The van der Waals surface area contributed by atoms with Gasteiger partial charge >= 0.3 is 0 Å². The summed E-state index contributed by atoms with van der Waals surface area (Å²) in [6.45, 7) is 4.75. The Bertz CT molecular complexity index is 1090. The Balaban J connectivity index is 1.58. The van der Waals surface area contributed by atoms with Gasteiger partial charge in [0.15, 0.2) is 11.0 Å². The quantitative estimate of drug-likeness (QED) is 0.274. The molecule has 0 fully saturated rings. The van der Waals surface area contributed by atoms with Crippen LogP contribution >= 0.6 is 23.4 Å². The van der Waals surface area contributed by atoms with Crippen LogP contribution in [0, 0.1) is 17.0 Å². The van der Waals surface area contributed by atoms with Gasteiger partial charge in [-0.05, 0) is 44.2 Å². The summed E-state index contributed by atoms with van der Waals surface area (Å²) in [6.07, 6.45) is 0. The van der Waals surface area contributed by atoms with E-state index in [2.05, 4.69) is 20.8 Å². The lowest BCUT2D eigenvalue weighted by molar-refractivity contribution is -0.385. The van der Waals surface area contributed by atoms with E-state index < -0.39 is 4.92 Å². The van der Waals surface area contributed by atoms with Crippen molar-refractivity contribution in [3.63, 3.8) is 0 Å². The fourth-order valence-electron chi connectivity index (χ4n) is 2.83. The van der Waals surface area contributed by atoms with Gasteiger partial charge in [0.05, 0.1) is 17.2 Å². The number of aryl methyl sites for hydroxylation is 1. The smallest absolute Gasteiger partial charge is 0.274 e. The molecular formula is C20H21ClN6O3S. The second kappa shape index (κ2) is 10.3. The monoisotopic (exact) mass is 460 g/mol. The second-order valence-electron chi connectivity index (χ2n) is 6.60. The van der Waals surface area contributed by atoms with Gasteiger partial charge < -0.3 is 15.2 Å². The second-order valence-corrected chi connectivity index (χ2v) is 7.98. The van der Waals surface area contributed by atoms with Gasteiger partial charge in [0.1, 0.15) is 0 Å². The van der Waals surface area contributed by atoms with Crippen molar-refractivity contribution >= 4 is 46.3 Å². The van der Waals surface area contributed by atoms with E-state index in [9.17, 15) is 14.9 Å². The van der Waals surface area contributed by atoms with E-state index in [1.807, 2.05) is 23.6 Å². The number of amides is 1. The van der Waals surface area contributed by atoms with Crippen molar-refractivity contribution in [1.82, 2.24) is 14.8 Å². The molecule has 11 heteroatoms. The van der Waals surface area contributed by atoms with Crippen LogP contribution < -0.4 is 10.6 Å². The van der Waals surface area contributed by atoms with Crippen molar-refractivity contribution in [3.8, 4) is 0 Å². The third-order valence-electron chi connectivity index (χ3n) is 4.43. The summed E-state index contributed by atoms with van der Waals surface area (Å²) < 4.78 is 1.93. The Morgan fingerprint density at radius 2 is 1.90 bits per heavy atom. The highest BCUT2D eigenvalue weighted by atomic mass is 35.5. The molecule has 3 aromatic rings. The summed E-state index contributed by atoms with van der Waals surface area (Å²) in [6, 6.07) is 12.0. The molecule has 0 aliphatic rings. The number of anilines is 2. The van der Waals surface area contributed by atoms with E-state index >= 15 is 0 Å². The first-order valence-electron chi connectivity index (χ1n) is 9.46. The number of nitro groups is 1. The fraction of sp³-hybridized carbons (Fsp3) is 0.250. The SMILES string of the molecule is CCn1c(CNc2ccc(Cl)cc2)nnc1SCC(=O)Nc1ccc(C)c([N+](=O)[O-])c1. The molecule has 162 valence electrons. The van der Waals surface area contributed by atoms with Crippen molar-refractivity contribution in [2.24, 2.45) is 0 Å². The Labute approximate surface area is 188 Å². The maximum Gasteiger partial charge on any atom is 0.274 e. The number of nitrogens with one attached hydrogen (secondary N) is 2. The lowest BCUT2D eigenvalue weighted by atomic mass is 10.2. The Morgan fingerprint density at radius 3 is 2.58 bits per heavy atom. The predicted molar refractivity (Wildman–Crippen MR) is 122 cm³/mol. The molecule has 2 aromatic carbocycles. The zero-order valence-electron chi connectivity index (χ0n) is 17.0. The van der Waals surface area contributed by atoms with Crippen LogP contribution in [0.4, 0.5) is 17.1 Å². The van der Waals surface area contributed by atoms with Crippen molar-refractivity contribution < 1.29 is 9.72 Å². The van der Waals surface area contributed by atoms with Crippen LogP contribution in [0.3, 0.4) is 0 Å². The van der Waals surface area contributed by atoms with E-state index in [1.54, 1.807) is 31.2 Å². The molecule has 1 heterocycles. The Hall–Kier alpha value is -3.11. The molecule has 0 radical (unpaired) electrons. The first-order valence-corrected chi connectivity index (χ1v) is 10.8. The number of nitrogens with zero attached hydrogens (tertiary/aromatic N) is 4. The Kier molecular flexibility index (Phi) is 7.48. The number of aromatic nitrogens is 3. The van der Waals surface area contributed by atoms with E-state index in [1.165, 1.54) is 17.8 Å². The summed E-state index contributed by atoms with van der Waals surface area (Å²) in [5, 5.41) is 26.7. The van der Waals surface area contributed by atoms with E-state index in [4.69, 9.17) is 11.6 Å². The normalized spacial score (nSPS) is 10.7. The highest BCUT2D eigenvalue weighted by molar-refractivity contribution is 7.99. The topological polar surface area (TPSA) is 115 Å². The van der Waals surface area contributed by atoms with Crippen LogP contribution in [0.1, 0.15) is 18.3 Å². The lowest BCUT2D eigenvalue weighted by Crippen LogP contribution is -2.15. The maximum atomic E-state index is 12.3. The van der Waals surface area contributed by atoms with E-state index in [-0.39, 0.29) is 17.3 Å². The zero-order valence-corrected chi connectivity index (χ0v) is 18.5. The van der Waals surface area contributed by atoms with E-state index in [0.717, 1.165) is 11.5 Å². The standard InChI is InChI=1S/C20H21ClN6O3S/c1-3-26-18(11-22-15-8-5-14(21)6-9-15)24-25-20(26)31-12-19(28)23-16-7-4-13(2)17(10-16)27(29)30/h4-10,22H,3,11-12H2,1-2H3,(H,23,28). The van der Waals surface area contributed by atoms with Gasteiger partial charge in [-0.3, -0.25) is 14.9 Å². The van der Waals surface area contributed by atoms with Crippen LogP contribution in [0.25, 0.3) is 0 Å². The van der Waals surface area contributed by atoms with Gasteiger partial charge in [0.25, 0.3) is 5.69 Å². The number of hydrogen-bond donors (Lipinski definition) is 2. The average Bonchev–Trinajstić information content (AvgIpc) is 3.15. The minimum atomic E-state index is -0.469. The van der Waals surface area contributed by atoms with Gasteiger partial charge in [-0.15, -0.1) is 10.2 Å². The van der Waals surface area contributed by atoms with Crippen molar-refractivity contribution in [1.29, 1.82) is 0 Å². The zero-order chi connectivity index (χ0) is 22.4. The lowest BCUT2D eigenvalue weighted by Gasteiger charge is -2.09. The summed E-state index contributed by atoms with van der Waals surface area (Å²) in [7, 11) is 0. The van der Waals surface area contributed by atoms with Crippen LogP contribution in [-0.2, 0) is 17.9 Å². The molecule has 31 heavy (non-hydrogen) atoms. The number of halogens is 1. The Morgan fingerprint density at radius 1 is 1.19 bits per heavy atom. The van der Waals surface area contributed by atoms with Crippen molar-refractivity contribution in [2.75, 3.05) is 16.4 Å². The summed E-state index contributed by atoms with van der Waals surface area (Å²) in [5.74, 6) is 0.564. The summed E-state index contributed by atoms with van der Waals surface area (Å²) in [5.41, 5.74) is 1.80. The van der Waals surface area contributed by atoms with E-state index in [0.29, 0.717) is 34.5 Å². The molecule has 0 aliphatic carbocycles. The number of thioether (sulfide) groups is 1. The molecule has 1 amide bonds. The fourth-order valence-corrected chi connectivity index (χ4v) is 3.78. The molecule has 0 atom stereocenters. The number of carbonyl (C=O) groups is 1. The van der Waals surface area contributed by atoms with Crippen LogP contribution in [0.15, 0.2) is 47.6 Å². The molecular weight excluding hydrogens is 440 g/mol. The molecule has 0 spiro atoms. The molecule has 1 aromatic heterocycles. The molecule has 0 saturated heterocycles. The minimum absolute atomic E-state index is 0.0333. The highest BCUT2D eigenvalue weighted by Gasteiger charge is 2.15. The number of hydrogen-bond acceptors (Lipinski definition) is 7. The van der Waals surface area contributed by atoms with Crippen LogP contribution in [0.5, 0.6) is 0 Å². The largest absolute Gasteiger partial charge is 0.378 e. The molecule has 2 N–H and O–H groups in total. The van der Waals surface area contributed by atoms with Crippen molar-refractivity contribution in [3.05, 3.63) is 69.0 Å². The third-order valence-corrected chi connectivity index (χ3v) is 5.65. The van der Waals surface area contributed by atoms with Crippen LogP contribution in [-0.4, -0.2) is 31.3 Å². The molecule has 0 aliphatic heterocycles.